The Kier molecular flexibility index (Phi) is 7.54. The second-order valence-electron chi connectivity index (χ2n) is 8.64. The molecule has 0 aliphatic carbocycles. The fourth-order valence-electron chi connectivity index (χ4n) is 3.95. The smallest absolute Gasteiger partial charge is 0.333 e. The van der Waals surface area contributed by atoms with E-state index >= 15 is 4.39 Å². The summed E-state index contributed by atoms with van der Waals surface area (Å²) >= 11 is 0. The second kappa shape index (κ2) is 11.5. The van der Waals surface area contributed by atoms with Crippen LogP contribution in [0.4, 0.5) is 14.5 Å². The fourth-order valence-corrected chi connectivity index (χ4v) is 3.95. The van der Waals surface area contributed by atoms with Gasteiger partial charge in [0, 0.05) is 54.7 Å². The first-order valence-corrected chi connectivity index (χ1v) is 12.1. The third-order valence-corrected chi connectivity index (χ3v) is 5.96. The highest BCUT2D eigenvalue weighted by molar-refractivity contribution is 6.03. The van der Waals surface area contributed by atoms with Gasteiger partial charge in [0.2, 0.25) is 0 Å². The number of aromatic nitrogens is 4. The molecule has 0 saturated carbocycles. The topological polar surface area (TPSA) is 143 Å². The Labute approximate surface area is 230 Å². The van der Waals surface area contributed by atoms with E-state index in [4.69, 9.17) is 10.1 Å². The third-order valence-electron chi connectivity index (χ3n) is 5.96. The van der Waals surface area contributed by atoms with Crippen molar-refractivity contribution in [3.05, 3.63) is 129 Å². The van der Waals surface area contributed by atoms with E-state index in [0.717, 1.165) is 36.2 Å². The molecule has 1 amide bonds. The minimum Gasteiger partial charge on any atom is -0.452 e. The summed E-state index contributed by atoms with van der Waals surface area (Å²) in [4.78, 5) is 48.7. The lowest BCUT2D eigenvalue weighted by Gasteiger charge is -2.13. The minimum atomic E-state index is -0.946. The van der Waals surface area contributed by atoms with Gasteiger partial charge in [0.05, 0.1) is 11.4 Å². The molecule has 204 valence electrons. The van der Waals surface area contributed by atoms with E-state index in [0.29, 0.717) is 15.8 Å². The van der Waals surface area contributed by atoms with Gasteiger partial charge in [-0.15, -0.1) is 0 Å². The Morgan fingerprint density at radius 3 is 2.46 bits per heavy atom. The summed E-state index contributed by atoms with van der Waals surface area (Å²) in [5, 5.41) is 9.86. The molecule has 0 fully saturated rings. The van der Waals surface area contributed by atoms with Gasteiger partial charge in [-0.05, 0) is 60.2 Å². The lowest BCUT2D eigenvalue weighted by atomic mass is 10.1. The number of aromatic amines is 1. The molecular formula is C29H20F2N6O4. The highest BCUT2D eigenvalue weighted by atomic mass is 19.1. The first-order valence-electron chi connectivity index (χ1n) is 12.1. The first-order chi connectivity index (χ1) is 19.8. The normalized spacial score (nSPS) is 10.7. The van der Waals surface area contributed by atoms with Crippen molar-refractivity contribution >= 4 is 17.8 Å². The number of carbonyl (C=O) groups is 1. The summed E-state index contributed by atoms with van der Waals surface area (Å²) in [6.07, 6.45) is 7.13. The van der Waals surface area contributed by atoms with Gasteiger partial charge in [-0.25, -0.2) is 18.1 Å². The number of hydrogen-bond acceptors (Lipinski definition) is 7. The molecule has 3 aromatic heterocycles. The number of amides is 1. The SMILES string of the molecule is N=CCc1ncc(-c2ccncc2)cc1Oc1ccc(NC(=O)c2c[nH]c(=O)n(-c3ccc(F)cc3)c2=O)cc1F. The lowest BCUT2D eigenvalue weighted by Crippen LogP contribution is -2.38. The monoisotopic (exact) mass is 554 g/mol. The molecule has 0 aliphatic rings. The van der Waals surface area contributed by atoms with Gasteiger partial charge in [-0.1, -0.05) is 0 Å². The van der Waals surface area contributed by atoms with Crippen LogP contribution in [0.3, 0.4) is 0 Å². The quantitative estimate of drug-likeness (QED) is 0.241. The maximum absolute atomic E-state index is 15.1. The van der Waals surface area contributed by atoms with Crippen LogP contribution in [0.25, 0.3) is 16.8 Å². The number of nitrogens with zero attached hydrogens (tertiary/aromatic N) is 3. The van der Waals surface area contributed by atoms with Crippen LogP contribution < -0.4 is 21.3 Å². The number of benzene rings is 2. The predicted molar refractivity (Wildman–Crippen MR) is 147 cm³/mol. The maximum atomic E-state index is 15.1. The van der Waals surface area contributed by atoms with Crippen LogP contribution in [-0.2, 0) is 6.42 Å². The van der Waals surface area contributed by atoms with Crippen LogP contribution in [0.5, 0.6) is 11.5 Å². The summed E-state index contributed by atoms with van der Waals surface area (Å²) in [5.74, 6) is -2.20. The van der Waals surface area contributed by atoms with Gasteiger partial charge in [0.15, 0.2) is 11.6 Å². The van der Waals surface area contributed by atoms with Gasteiger partial charge in [0.25, 0.3) is 11.5 Å². The van der Waals surface area contributed by atoms with Gasteiger partial charge in [0.1, 0.15) is 17.1 Å². The van der Waals surface area contributed by atoms with Crippen molar-refractivity contribution in [1.82, 2.24) is 19.5 Å². The molecule has 0 atom stereocenters. The van der Waals surface area contributed by atoms with Crippen molar-refractivity contribution in [2.45, 2.75) is 6.42 Å². The minimum absolute atomic E-state index is 0.0159. The molecule has 5 rings (SSSR count). The molecule has 0 unspecified atom stereocenters. The fraction of sp³-hybridized carbons (Fsp3) is 0.0345. The zero-order valence-electron chi connectivity index (χ0n) is 21.1. The molecule has 0 aliphatic heterocycles. The second-order valence-corrected chi connectivity index (χ2v) is 8.64. The van der Waals surface area contributed by atoms with Crippen LogP contribution in [-0.4, -0.2) is 31.6 Å². The Morgan fingerprint density at radius 2 is 1.76 bits per heavy atom. The Balaban J connectivity index is 1.39. The van der Waals surface area contributed by atoms with E-state index in [9.17, 15) is 18.8 Å². The summed E-state index contributed by atoms with van der Waals surface area (Å²) in [7, 11) is 0. The van der Waals surface area contributed by atoms with Crippen molar-refractivity contribution in [2.24, 2.45) is 0 Å². The van der Waals surface area contributed by atoms with Crippen molar-refractivity contribution < 1.29 is 18.3 Å². The number of pyridine rings is 2. The Hall–Kier alpha value is -5.78. The molecular weight excluding hydrogens is 534 g/mol. The molecule has 3 N–H and O–H groups in total. The Bertz CT molecular complexity index is 1870. The van der Waals surface area contributed by atoms with E-state index in [2.05, 4.69) is 20.3 Å². The molecule has 0 radical (unpaired) electrons. The molecule has 0 saturated heterocycles. The maximum Gasteiger partial charge on any atom is 0.333 e. The van der Waals surface area contributed by atoms with Crippen LogP contribution >= 0.6 is 0 Å². The van der Waals surface area contributed by atoms with Crippen LogP contribution in [0.2, 0.25) is 0 Å². The standard InChI is InChI=1S/C29H20F2N6O4/c30-19-1-4-21(5-2-19)37-28(39)22(16-35-29(37)40)27(38)36-20-3-6-25(23(31)14-20)41-26-13-18(15-34-24(26)7-10-32)17-8-11-33-12-9-17/h1-6,8-16,32H,7H2,(H,35,40)(H,36,38). The predicted octanol–water partition coefficient (Wildman–Crippen LogP) is 4.50. The summed E-state index contributed by atoms with van der Waals surface area (Å²) in [6, 6.07) is 13.5. The van der Waals surface area contributed by atoms with E-state index in [1.54, 1.807) is 36.8 Å². The number of rotatable bonds is 8. The van der Waals surface area contributed by atoms with E-state index < -0.39 is 34.4 Å². The third kappa shape index (κ3) is 5.81. The highest BCUT2D eigenvalue weighted by Crippen LogP contribution is 2.32. The van der Waals surface area contributed by atoms with Crippen molar-refractivity contribution in [3.63, 3.8) is 0 Å². The van der Waals surface area contributed by atoms with E-state index in [1.165, 1.54) is 24.3 Å². The number of hydrogen-bond donors (Lipinski definition) is 3. The van der Waals surface area contributed by atoms with Gasteiger partial charge >= 0.3 is 5.69 Å². The average molecular weight is 555 g/mol. The summed E-state index contributed by atoms with van der Waals surface area (Å²) in [6.45, 7) is 0. The van der Waals surface area contributed by atoms with Crippen molar-refractivity contribution in [2.75, 3.05) is 5.32 Å². The van der Waals surface area contributed by atoms with Gasteiger partial charge in [-0.3, -0.25) is 19.6 Å². The largest absolute Gasteiger partial charge is 0.452 e. The van der Waals surface area contributed by atoms with Crippen LogP contribution in [0.15, 0.2) is 95.0 Å². The number of anilines is 1. The molecule has 41 heavy (non-hydrogen) atoms. The number of carbonyl (C=O) groups excluding carboxylic acids is 1. The molecule has 3 heterocycles. The van der Waals surface area contributed by atoms with Crippen molar-refractivity contribution in [1.29, 1.82) is 5.41 Å². The number of H-pyrrole nitrogens is 1. The average Bonchev–Trinajstić information content (AvgIpc) is 2.97. The number of halogens is 2. The molecule has 0 bridgehead atoms. The van der Waals surface area contributed by atoms with Gasteiger partial charge in [-0.2, -0.15) is 0 Å². The summed E-state index contributed by atoms with van der Waals surface area (Å²) < 4.78 is 34.9. The molecule has 5 aromatic rings. The molecule has 2 aromatic carbocycles. The molecule has 10 nitrogen and oxygen atoms in total. The number of nitrogens with one attached hydrogen (secondary N) is 3. The zero-order valence-corrected chi connectivity index (χ0v) is 21.1. The highest BCUT2D eigenvalue weighted by Gasteiger charge is 2.18. The number of ether oxygens (including phenoxy) is 1. The Morgan fingerprint density at radius 1 is 1.00 bits per heavy atom. The van der Waals surface area contributed by atoms with E-state index in [1.807, 2.05) is 0 Å². The van der Waals surface area contributed by atoms with Crippen LogP contribution in [0, 0.1) is 17.0 Å². The van der Waals surface area contributed by atoms with Crippen molar-refractivity contribution in [3.8, 4) is 28.3 Å². The first kappa shape index (κ1) is 26.8. The molecule has 12 heteroatoms. The van der Waals surface area contributed by atoms with E-state index in [-0.39, 0.29) is 29.3 Å². The van der Waals surface area contributed by atoms with Gasteiger partial charge < -0.3 is 20.4 Å². The zero-order chi connectivity index (χ0) is 28.9. The lowest BCUT2D eigenvalue weighted by molar-refractivity contribution is 0.102. The summed E-state index contributed by atoms with van der Waals surface area (Å²) in [5.41, 5.74) is -0.179. The molecule has 0 spiro atoms. The van der Waals surface area contributed by atoms with Crippen LogP contribution in [0.1, 0.15) is 16.1 Å².